The lowest BCUT2D eigenvalue weighted by molar-refractivity contribution is -0.670. The fourth-order valence-corrected chi connectivity index (χ4v) is 2.55. The van der Waals surface area contributed by atoms with E-state index in [1.165, 1.54) is 0 Å². The molecule has 3 aromatic rings. The normalized spacial score (nSPS) is 11.4. The largest absolute Gasteiger partial charge is 0.507 e. The van der Waals surface area contributed by atoms with Gasteiger partial charge in [0.2, 0.25) is 0 Å². The predicted molar refractivity (Wildman–Crippen MR) is 66.3 cm³/mol. The third kappa shape index (κ3) is 1.23. The molecule has 4 heteroatoms. The standard InChI is InChI=1S/C12H9BrN2O/c1-15-5-4-7-9(6-15)14-8-2-3-10(16)12(13)11(7)8/h2-6,16H,1H3/p+1. The van der Waals surface area contributed by atoms with Crippen LogP contribution >= 0.6 is 15.9 Å². The SMILES string of the molecule is C[n+]1ccc2c(c1)[nH]c1ccc(O)c(Br)c12. The van der Waals surface area contributed by atoms with Crippen LogP contribution in [0.15, 0.2) is 35.1 Å². The van der Waals surface area contributed by atoms with E-state index in [-0.39, 0.29) is 5.75 Å². The fourth-order valence-electron chi connectivity index (χ4n) is 1.99. The van der Waals surface area contributed by atoms with Crippen LogP contribution in [0.2, 0.25) is 0 Å². The van der Waals surface area contributed by atoms with Crippen LogP contribution in [0, 0.1) is 0 Å². The predicted octanol–water partition coefficient (Wildman–Crippen LogP) is 2.61. The summed E-state index contributed by atoms with van der Waals surface area (Å²) in [6.45, 7) is 0. The molecule has 16 heavy (non-hydrogen) atoms. The van der Waals surface area contributed by atoms with Gasteiger partial charge in [-0.2, -0.15) is 0 Å². The summed E-state index contributed by atoms with van der Waals surface area (Å²) in [5.41, 5.74) is 2.08. The minimum Gasteiger partial charge on any atom is -0.507 e. The van der Waals surface area contributed by atoms with Crippen LogP contribution in [0.1, 0.15) is 0 Å². The van der Waals surface area contributed by atoms with Crippen LogP contribution in [0.25, 0.3) is 21.8 Å². The number of hydrogen-bond donors (Lipinski definition) is 2. The molecule has 3 rings (SSSR count). The topological polar surface area (TPSA) is 39.9 Å². The number of pyridine rings is 1. The Bertz CT molecular complexity index is 702. The van der Waals surface area contributed by atoms with E-state index in [0.717, 1.165) is 26.3 Å². The van der Waals surface area contributed by atoms with Crippen LogP contribution in [0.4, 0.5) is 0 Å². The summed E-state index contributed by atoms with van der Waals surface area (Å²) >= 11 is 3.42. The van der Waals surface area contributed by atoms with Crippen molar-refractivity contribution in [2.45, 2.75) is 0 Å². The van der Waals surface area contributed by atoms with Gasteiger partial charge in [0.05, 0.1) is 4.47 Å². The number of phenolic OH excluding ortho intramolecular Hbond substituents is 1. The number of aromatic amines is 1. The van der Waals surface area contributed by atoms with Gasteiger partial charge < -0.3 is 10.1 Å². The second kappa shape index (κ2) is 3.22. The van der Waals surface area contributed by atoms with E-state index in [0.29, 0.717) is 0 Å². The van der Waals surface area contributed by atoms with Crippen molar-refractivity contribution in [1.82, 2.24) is 4.98 Å². The van der Waals surface area contributed by atoms with E-state index in [1.807, 2.05) is 36.1 Å². The Balaban J connectivity index is 2.57. The van der Waals surface area contributed by atoms with E-state index in [4.69, 9.17) is 0 Å². The number of nitrogens with one attached hydrogen (secondary N) is 1. The number of aromatic hydroxyl groups is 1. The van der Waals surface area contributed by atoms with Gasteiger partial charge in [-0.15, -0.1) is 0 Å². The number of nitrogens with zero attached hydrogens (tertiary/aromatic N) is 1. The van der Waals surface area contributed by atoms with E-state index in [1.54, 1.807) is 6.07 Å². The molecule has 0 aliphatic heterocycles. The molecule has 80 valence electrons. The highest BCUT2D eigenvalue weighted by Crippen LogP contribution is 2.36. The number of benzene rings is 1. The van der Waals surface area contributed by atoms with E-state index < -0.39 is 0 Å². The molecule has 0 unspecified atom stereocenters. The average molecular weight is 278 g/mol. The highest BCUT2D eigenvalue weighted by atomic mass is 79.9. The summed E-state index contributed by atoms with van der Waals surface area (Å²) in [7, 11) is 1.98. The first kappa shape index (κ1) is 9.66. The third-order valence-corrected chi connectivity index (χ3v) is 3.56. The van der Waals surface area contributed by atoms with Gasteiger partial charge in [0, 0.05) is 22.4 Å². The summed E-state index contributed by atoms with van der Waals surface area (Å²) in [5.74, 6) is 0.265. The summed E-state index contributed by atoms with van der Waals surface area (Å²) in [5, 5.41) is 11.8. The third-order valence-electron chi connectivity index (χ3n) is 2.76. The Morgan fingerprint density at radius 3 is 2.88 bits per heavy atom. The van der Waals surface area contributed by atoms with E-state index >= 15 is 0 Å². The lowest BCUT2D eigenvalue weighted by Crippen LogP contribution is -2.25. The van der Waals surface area contributed by atoms with Crippen LogP contribution < -0.4 is 4.57 Å². The van der Waals surface area contributed by atoms with Crippen molar-refractivity contribution in [2.24, 2.45) is 7.05 Å². The molecule has 2 heterocycles. The van der Waals surface area contributed by atoms with Gasteiger partial charge in [0.1, 0.15) is 18.3 Å². The molecular weight excluding hydrogens is 268 g/mol. The maximum atomic E-state index is 9.68. The molecule has 2 N–H and O–H groups in total. The van der Waals surface area contributed by atoms with Crippen molar-refractivity contribution in [1.29, 1.82) is 0 Å². The monoisotopic (exact) mass is 277 g/mol. The number of aromatic nitrogens is 2. The zero-order valence-corrected chi connectivity index (χ0v) is 10.2. The van der Waals surface area contributed by atoms with Gasteiger partial charge in [-0.05, 0) is 28.1 Å². The van der Waals surface area contributed by atoms with Gasteiger partial charge in [-0.1, -0.05) is 0 Å². The first-order chi connectivity index (χ1) is 7.66. The van der Waals surface area contributed by atoms with Gasteiger partial charge in [0.25, 0.3) is 0 Å². The summed E-state index contributed by atoms with van der Waals surface area (Å²) < 4.78 is 2.73. The van der Waals surface area contributed by atoms with Gasteiger partial charge in [-0.3, -0.25) is 0 Å². The Morgan fingerprint density at radius 1 is 1.25 bits per heavy atom. The highest BCUT2D eigenvalue weighted by Gasteiger charge is 2.12. The molecule has 0 saturated heterocycles. The molecule has 0 radical (unpaired) electrons. The molecule has 0 aliphatic rings. The highest BCUT2D eigenvalue weighted by molar-refractivity contribution is 9.10. The summed E-state index contributed by atoms with van der Waals surface area (Å²) in [6.07, 6.45) is 4.02. The number of halogens is 1. The van der Waals surface area contributed by atoms with Crippen molar-refractivity contribution in [3.05, 3.63) is 35.1 Å². The Labute approximate surface area is 100 Å². The molecule has 0 atom stereocenters. The number of fused-ring (bicyclic) bond motifs is 3. The smallest absolute Gasteiger partial charge is 0.192 e. The van der Waals surface area contributed by atoms with Crippen LogP contribution in [-0.2, 0) is 7.05 Å². The van der Waals surface area contributed by atoms with Crippen molar-refractivity contribution in [2.75, 3.05) is 0 Å². The van der Waals surface area contributed by atoms with Gasteiger partial charge in [0.15, 0.2) is 12.4 Å². The Kier molecular flexibility index (Phi) is 1.94. The number of hydrogen-bond acceptors (Lipinski definition) is 1. The maximum absolute atomic E-state index is 9.68. The number of aryl methyl sites for hydroxylation is 1. The molecule has 0 saturated carbocycles. The zero-order valence-electron chi connectivity index (χ0n) is 8.66. The molecule has 0 bridgehead atoms. The lowest BCUT2D eigenvalue weighted by atomic mass is 10.2. The lowest BCUT2D eigenvalue weighted by Gasteiger charge is -1.98. The van der Waals surface area contributed by atoms with E-state index in [2.05, 4.69) is 20.9 Å². The quantitative estimate of drug-likeness (QED) is 0.610. The Hall–Kier alpha value is -1.55. The molecule has 2 aromatic heterocycles. The summed E-state index contributed by atoms with van der Waals surface area (Å²) in [4.78, 5) is 3.32. The zero-order chi connectivity index (χ0) is 11.3. The van der Waals surface area contributed by atoms with Crippen LogP contribution in [0.3, 0.4) is 0 Å². The molecule has 0 aliphatic carbocycles. The second-order valence-corrected chi connectivity index (χ2v) is 4.68. The minimum atomic E-state index is 0.265. The number of rotatable bonds is 0. The maximum Gasteiger partial charge on any atom is 0.192 e. The van der Waals surface area contributed by atoms with Gasteiger partial charge >= 0.3 is 0 Å². The molecule has 0 fully saturated rings. The van der Waals surface area contributed by atoms with E-state index in [9.17, 15) is 5.11 Å². The van der Waals surface area contributed by atoms with Crippen LogP contribution in [0.5, 0.6) is 5.75 Å². The van der Waals surface area contributed by atoms with Crippen molar-refractivity contribution < 1.29 is 9.67 Å². The summed E-state index contributed by atoms with van der Waals surface area (Å²) in [6, 6.07) is 5.61. The molecule has 1 aromatic carbocycles. The fraction of sp³-hybridized carbons (Fsp3) is 0.0833. The molecule has 0 spiro atoms. The molecular formula is C12H10BrN2O+. The Morgan fingerprint density at radius 2 is 2.06 bits per heavy atom. The first-order valence-electron chi connectivity index (χ1n) is 4.95. The first-order valence-corrected chi connectivity index (χ1v) is 5.74. The molecule has 3 nitrogen and oxygen atoms in total. The number of phenols is 1. The van der Waals surface area contributed by atoms with Crippen LogP contribution in [-0.4, -0.2) is 10.1 Å². The average Bonchev–Trinajstić information content (AvgIpc) is 2.61. The number of H-pyrrole nitrogens is 1. The second-order valence-electron chi connectivity index (χ2n) is 3.88. The van der Waals surface area contributed by atoms with Crippen molar-refractivity contribution in [3.8, 4) is 5.75 Å². The van der Waals surface area contributed by atoms with Crippen molar-refractivity contribution >= 4 is 37.7 Å². The van der Waals surface area contributed by atoms with Gasteiger partial charge in [-0.25, -0.2) is 4.57 Å². The molecule has 0 amide bonds. The van der Waals surface area contributed by atoms with Crippen molar-refractivity contribution in [3.63, 3.8) is 0 Å². The minimum absolute atomic E-state index is 0.265.